The Labute approximate surface area is 100 Å². The summed E-state index contributed by atoms with van der Waals surface area (Å²) in [6.07, 6.45) is 1.36. The van der Waals surface area contributed by atoms with Gasteiger partial charge in [0.15, 0.2) is 0 Å². The van der Waals surface area contributed by atoms with Crippen molar-refractivity contribution in [2.75, 3.05) is 33.4 Å². The van der Waals surface area contributed by atoms with E-state index in [9.17, 15) is 0 Å². The molecular weight excluding hydrogens is 277 g/mol. The molecule has 0 unspecified atom stereocenters. The van der Waals surface area contributed by atoms with Crippen LogP contribution in [0.25, 0.3) is 0 Å². The average molecular weight is 301 g/mol. The largest absolute Gasteiger partial charge is 0.383 e. The van der Waals surface area contributed by atoms with Gasteiger partial charge in [-0.3, -0.25) is 0 Å². The Balaban J connectivity index is 0. The van der Waals surface area contributed by atoms with Crippen LogP contribution in [0.3, 0.4) is 0 Å². The molecule has 0 amide bonds. The van der Waals surface area contributed by atoms with Gasteiger partial charge in [-0.25, -0.2) is 0 Å². The van der Waals surface area contributed by atoms with Crippen molar-refractivity contribution in [3.8, 4) is 0 Å². The lowest BCUT2D eigenvalue weighted by Gasteiger charge is -2.13. The zero-order valence-corrected chi connectivity index (χ0v) is 11.7. The summed E-state index contributed by atoms with van der Waals surface area (Å²) in [7, 11) is 1.76. The third-order valence-electron chi connectivity index (χ3n) is 2.12. The second kappa shape index (κ2) is 10.7. The number of hydrogen-bond donors (Lipinski definition) is 0. The predicted octanol–water partition coefficient (Wildman–Crippen LogP) is 2.62. The van der Waals surface area contributed by atoms with Crippen LogP contribution < -0.4 is 0 Å². The van der Waals surface area contributed by atoms with Gasteiger partial charge in [0, 0.05) is 20.2 Å². The molecule has 0 spiro atoms. The van der Waals surface area contributed by atoms with Crippen molar-refractivity contribution in [1.29, 1.82) is 0 Å². The van der Waals surface area contributed by atoms with E-state index in [-0.39, 0.29) is 24.0 Å². The van der Waals surface area contributed by atoms with Gasteiger partial charge in [-0.05, 0) is 18.9 Å². The molecule has 1 heterocycles. The lowest BCUT2D eigenvalue weighted by Crippen LogP contribution is -2.24. The lowest BCUT2D eigenvalue weighted by molar-refractivity contribution is 0.159. The van der Waals surface area contributed by atoms with Crippen LogP contribution in [-0.4, -0.2) is 38.3 Å². The van der Waals surface area contributed by atoms with E-state index in [1.807, 2.05) is 13.8 Å². The molecule has 13 heavy (non-hydrogen) atoms. The van der Waals surface area contributed by atoms with E-state index in [0.29, 0.717) is 0 Å². The van der Waals surface area contributed by atoms with E-state index >= 15 is 0 Å². The Morgan fingerprint density at radius 2 is 2.00 bits per heavy atom. The maximum Gasteiger partial charge on any atom is 0.0589 e. The first-order valence-corrected chi connectivity index (χ1v) is 5.04. The number of rotatable bonds is 3. The van der Waals surface area contributed by atoms with Gasteiger partial charge in [0.2, 0.25) is 0 Å². The van der Waals surface area contributed by atoms with Gasteiger partial charge >= 0.3 is 0 Å². The SMILES string of the molecule is CC.COCCN1CC[C@@H](C)C1.I. The zero-order chi connectivity index (χ0) is 9.40. The van der Waals surface area contributed by atoms with Gasteiger partial charge in [-0.15, -0.1) is 24.0 Å². The van der Waals surface area contributed by atoms with Crippen molar-refractivity contribution in [2.24, 2.45) is 5.92 Å². The van der Waals surface area contributed by atoms with Crippen LogP contribution in [-0.2, 0) is 4.74 Å². The van der Waals surface area contributed by atoms with E-state index in [1.165, 1.54) is 19.5 Å². The van der Waals surface area contributed by atoms with Gasteiger partial charge in [-0.1, -0.05) is 20.8 Å². The molecule has 0 aliphatic carbocycles. The Morgan fingerprint density at radius 1 is 1.38 bits per heavy atom. The van der Waals surface area contributed by atoms with Crippen LogP contribution in [0.15, 0.2) is 0 Å². The molecule has 1 aliphatic rings. The van der Waals surface area contributed by atoms with Crippen molar-refractivity contribution >= 4 is 24.0 Å². The summed E-state index contributed by atoms with van der Waals surface area (Å²) in [4.78, 5) is 2.47. The Bertz CT molecular complexity index is 101. The van der Waals surface area contributed by atoms with Crippen molar-refractivity contribution in [1.82, 2.24) is 4.90 Å². The second-order valence-corrected chi connectivity index (χ2v) is 3.19. The molecule has 0 radical (unpaired) electrons. The Hall–Kier alpha value is 0.650. The van der Waals surface area contributed by atoms with Crippen molar-refractivity contribution in [3.63, 3.8) is 0 Å². The molecule has 0 bridgehead atoms. The third kappa shape index (κ3) is 7.70. The molecule has 0 N–H and O–H groups in total. The normalized spacial score (nSPS) is 21.7. The minimum atomic E-state index is 0. The number of likely N-dealkylation sites (tertiary alicyclic amines) is 1. The van der Waals surface area contributed by atoms with Crippen LogP contribution in [0.4, 0.5) is 0 Å². The van der Waals surface area contributed by atoms with Crippen LogP contribution >= 0.6 is 24.0 Å². The van der Waals surface area contributed by atoms with Gasteiger partial charge < -0.3 is 9.64 Å². The molecule has 1 fully saturated rings. The standard InChI is InChI=1S/C8H17NO.C2H6.HI/c1-8-3-4-9(7-8)5-6-10-2;1-2;/h8H,3-7H2,1-2H3;1-2H3;1H/t8-;;/m1../s1. The highest BCUT2D eigenvalue weighted by Crippen LogP contribution is 2.13. The van der Waals surface area contributed by atoms with E-state index in [0.717, 1.165) is 19.1 Å². The Morgan fingerprint density at radius 3 is 2.38 bits per heavy atom. The molecule has 0 aromatic rings. The lowest BCUT2D eigenvalue weighted by atomic mass is 10.2. The predicted molar refractivity (Wildman–Crippen MR) is 68.9 cm³/mol. The molecule has 0 aromatic heterocycles. The highest BCUT2D eigenvalue weighted by molar-refractivity contribution is 14.0. The van der Waals surface area contributed by atoms with Crippen molar-refractivity contribution in [2.45, 2.75) is 27.2 Å². The summed E-state index contributed by atoms with van der Waals surface area (Å²) in [6, 6.07) is 0. The summed E-state index contributed by atoms with van der Waals surface area (Å²) in [5.41, 5.74) is 0. The van der Waals surface area contributed by atoms with Crippen LogP contribution in [0.5, 0.6) is 0 Å². The molecule has 2 nitrogen and oxygen atoms in total. The molecule has 0 aromatic carbocycles. The monoisotopic (exact) mass is 301 g/mol. The fourth-order valence-corrected chi connectivity index (χ4v) is 1.45. The minimum absolute atomic E-state index is 0. The zero-order valence-electron chi connectivity index (χ0n) is 9.38. The van der Waals surface area contributed by atoms with Gasteiger partial charge in [0.1, 0.15) is 0 Å². The first kappa shape index (κ1) is 16.1. The minimum Gasteiger partial charge on any atom is -0.383 e. The molecule has 1 aliphatic heterocycles. The summed E-state index contributed by atoms with van der Waals surface area (Å²) in [5.74, 6) is 0.900. The maximum atomic E-state index is 5.00. The van der Waals surface area contributed by atoms with E-state index < -0.39 is 0 Å². The van der Waals surface area contributed by atoms with E-state index in [1.54, 1.807) is 7.11 Å². The Kier molecular flexibility index (Phi) is 13.3. The van der Waals surface area contributed by atoms with Crippen molar-refractivity contribution < 1.29 is 4.74 Å². The smallest absolute Gasteiger partial charge is 0.0589 e. The third-order valence-corrected chi connectivity index (χ3v) is 2.12. The summed E-state index contributed by atoms with van der Waals surface area (Å²) in [6.45, 7) is 10.8. The number of ether oxygens (including phenoxy) is 1. The fraction of sp³-hybridized carbons (Fsp3) is 1.00. The molecule has 82 valence electrons. The van der Waals surface area contributed by atoms with E-state index in [4.69, 9.17) is 4.74 Å². The first-order valence-electron chi connectivity index (χ1n) is 5.04. The average Bonchev–Trinajstić information content (AvgIpc) is 2.51. The topological polar surface area (TPSA) is 12.5 Å². The summed E-state index contributed by atoms with van der Waals surface area (Å²) in [5, 5.41) is 0. The van der Waals surface area contributed by atoms with E-state index in [2.05, 4.69) is 11.8 Å². The second-order valence-electron chi connectivity index (χ2n) is 3.19. The first-order chi connectivity index (χ1) is 5.83. The van der Waals surface area contributed by atoms with Gasteiger partial charge in [-0.2, -0.15) is 0 Å². The highest BCUT2D eigenvalue weighted by Gasteiger charge is 2.17. The summed E-state index contributed by atoms with van der Waals surface area (Å²) < 4.78 is 5.00. The van der Waals surface area contributed by atoms with Gasteiger partial charge in [0.25, 0.3) is 0 Å². The molecule has 1 atom stereocenters. The number of methoxy groups -OCH3 is 1. The molecule has 3 heteroatoms. The van der Waals surface area contributed by atoms with Crippen LogP contribution in [0.1, 0.15) is 27.2 Å². The molecule has 0 saturated carbocycles. The fourth-order valence-electron chi connectivity index (χ4n) is 1.45. The summed E-state index contributed by atoms with van der Waals surface area (Å²) >= 11 is 0. The number of halogens is 1. The van der Waals surface area contributed by atoms with Crippen LogP contribution in [0.2, 0.25) is 0 Å². The number of hydrogen-bond acceptors (Lipinski definition) is 2. The maximum absolute atomic E-state index is 5.00. The highest BCUT2D eigenvalue weighted by atomic mass is 127. The quantitative estimate of drug-likeness (QED) is 0.743. The van der Waals surface area contributed by atoms with Crippen LogP contribution in [0, 0.1) is 5.92 Å². The molecular formula is C10H24INO. The van der Waals surface area contributed by atoms with Gasteiger partial charge in [0.05, 0.1) is 6.61 Å². The molecule has 1 rings (SSSR count). The van der Waals surface area contributed by atoms with Crippen molar-refractivity contribution in [3.05, 3.63) is 0 Å². The number of nitrogens with zero attached hydrogens (tertiary/aromatic N) is 1. The molecule has 1 saturated heterocycles.